The highest BCUT2D eigenvalue weighted by molar-refractivity contribution is 5.94. The summed E-state index contributed by atoms with van der Waals surface area (Å²) in [7, 11) is 0. The number of nitrogens with two attached hydrogens (primary N) is 8. The first kappa shape index (κ1) is 115. The van der Waals surface area contributed by atoms with Crippen LogP contribution in [0.3, 0.4) is 0 Å². The molecule has 0 saturated heterocycles. The minimum Gasteiger partial charge on any atom is -0.394 e. The zero-order valence-electron chi connectivity index (χ0n) is 83.4. The molecular weight excluding hydrogens is 1740 g/mol. The standard InChI is InChI=1S/C100H184N18O18/c1-61(67-31-33-69-87-71(57-83(125)99(67,69)5)97(3)39-37-65(121)53-63(97)55-81(87)123)29-35-85(127)109-47-21-51-117(95(135)79(59-119)115-93(133)77(27-9-15-43-103)113-91(131)75(107)25-11-17-45-111-89(129)73(105)23-7-13-41-101)49-19-20-50-118(96(136)80(60-120)116-94(134)78(28-10-16-44-104)114-92(132)76(108)26-12-18-46-112-90(130)74(106)24-8-14-42-102)52-22-48-110-86(128)36-30-62(2)68-32-34-70-88-72(58-84(126)100(68,70)6)98(4)40-38-66(122)54-64(98)56-82(88)124/h61-84,87-88,119-126H,7-60,101-108H2,1-6H3,(H,109,127)(H,110,128)(H,111,129)(H,112,130)(H,113,131)(H,114,132)(H,115,133)(H,116,134)/t61-,62-,63-,64-,65-,66-,67-,68-,69+,70+,71+,72+,73+,74+,75+,76+,77+,78+,79+,80+,81-,82-,83+,84+,87+,88+,97+,98+,99-,100-/m1/s1. The third kappa shape index (κ3) is 30.8. The Hall–Kier alpha value is -5.94. The molecule has 0 aliphatic heterocycles. The number of aliphatic hydroxyl groups excluding tert-OH is 8. The molecule has 8 saturated carbocycles. The van der Waals surface area contributed by atoms with E-state index in [1.165, 1.54) is 9.80 Å². The van der Waals surface area contributed by atoms with Crippen molar-refractivity contribution in [3.05, 3.63) is 0 Å². The van der Waals surface area contributed by atoms with Crippen LogP contribution in [0.4, 0.5) is 0 Å². The van der Waals surface area contributed by atoms with Gasteiger partial charge >= 0.3 is 0 Å². The van der Waals surface area contributed by atoms with Crippen LogP contribution in [0.5, 0.6) is 0 Å². The van der Waals surface area contributed by atoms with Crippen LogP contribution in [0.2, 0.25) is 0 Å². The minimum atomic E-state index is -1.55. The number of nitrogens with one attached hydrogen (secondary N) is 8. The molecule has 0 bridgehead atoms. The average Bonchev–Trinajstić information content (AvgIpc) is 1.46. The number of nitrogens with zero attached hydrogens (tertiary/aromatic N) is 2. The quantitative estimate of drug-likeness (QED) is 0.0384. The number of unbranched alkanes of at least 4 members (excludes halogenated alkanes) is 7. The normalized spacial score (nSPS) is 31.0. The molecule has 8 fully saturated rings. The fourth-order valence-electron chi connectivity index (χ4n) is 26.5. The van der Waals surface area contributed by atoms with Crippen LogP contribution in [0.15, 0.2) is 0 Å². The maximum absolute atomic E-state index is 15.1. The van der Waals surface area contributed by atoms with Crippen molar-refractivity contribution in [3.8, 4) is 0 Å². The van der Waals surface area contributed by atoms with Crippen LogP contribution in [0.25, 0.3) is 0 Å². The predicted octanol–water partition coefficient (Wildman–Crippen LogP) is 1.51. The Morgan fingerprint density at radius 1 is 0.346 bits per heavy atom. The molecule has 0 aromatic rings. The van der Waals surface area contributed by atoms with Gasteiger partial charge in [-0.25, -0.2) is 0 Å². The molecule has 0 radical (unpaired) electrons. The van der Waals surface area contributed by atoms with E-state index in [0.29, 0.717) is 155 Å². The maximum atomic E-state index is 15.1. The summed E-state index contributed by atoms with van der Waals surface area (Å²) < 4.78 is 0. The number of amides is 10. The van der Waals surface area contributed by atoms with Crippen molar-refractivity contribution in [3.63, 3.8) is 0 Å². The second-order valence-electron chi connectivity index (χ2n) is 43.6. The van der Waals surface area contributed by atoms with E-state index >= 15 is 9.59 Å². The SMILES string of the molecule is C[C@H](CCC(=O)NCCCN(CCCCN(CCCNC(=O)CC[C@@H](C)[C@H]1CC[C@H]2[C@@H]3[C@H](O)C[C@H]4C[C@H](O)CC[C@]4(C)[C@H]3C[C@H](O)[C@]12C)C(=O)[C@H](CO)NC(=O)[C@H](CCCCN)NC(=O)[C@@H](N)CCCCNC(=O)[C@@H](N)CCCCN)C(=O)[C@H](CO)NC(=O)[C@H](CCCCN)NC(=O)[C@@H](N)CCCCNC(=O)[C@@H](N)CCCCN)[C@H]1CC[C@H]2[C@@H]3[C@H](O)C[C@H]4C[C@H](O)CC[C@]4(C)[C@H]3C[C@H](O)[C@]12C. The summed E-state index contributed by atoms with van der Waals surface area (Å²) in [5.41, 5.74) is 46.8. The lowest BCUT2D eigenvalue weighted by atomic mass is 9.43. The van der Waals surface area contributed by atoms with Crippen LogP contribution in [-0.4, -0.2) is 286 Å². The molecule has 782 valence electrons. The summed E-state index contributed by atoms with van der Waals surface area (Å²) in [6.07, 6.45) is 17.8. The second-order valence-corrected chi connectivity index (χ2v) is 43.6. The Morgan fingerprint density at radius 2 is 0.662 bits per heavy atom. The highest BCUT2D eigenvalue weighted by atomic mass is 16.3. The first-order valence-electron chi connectivity index (χ1n) is 52.8. The van der Waals surface area contributed by atoms with E-state index in [1.54, 1.807) is 0 Å². The maximum Gasteiger partial charge on any atom is 0.247 e. The van der Waals surface area contributed by atoms with Gasteiger partial charge in [0.2, 0.25) is 59.1 Å². The van der Waals surface area contributed by atoms with Crippen LogP contribution in [-0.2, 0) is 47.9 Å². The largest absolute Gasteiger partial charge is 0.394 e. The van der Waals surface area contributed by atoms with E-state index in [-0.39, 0.29) is 234 Å². The fraction of sp³-hybridized carbons (Fsp3) is 0.900. The molecule has 8 aliphatic carbocycles. The van der Waals surface area contributed by atoms with Crippen molar-refractivity contribution in [2.45, 2.75) is 383 Å². The highest BCUT2D eigenvalue weighted by Gasteiger charge is 2.68. The average molecular weight is 1930 g/mol. The molecule has 36 heteroatoms. The van der Waals surface area contributed by atoms with Crippen LogP contribution >= 0.6 is 0 Å². The van der Waals surface area contributed by atoms with E-state index in [0.717, 1.165) is 64.2 Å². The van der Waals surface area contributed by atoms with Crippen molar-refractivity contribution in [2.24, 2.45) is 139 Å². The minimum absolute atomic E-state index is 0.00649. The van der Waals surface area contributed by atoms with Crippen molar-refractivity contribution in [2.75, 3.05) is 91.8 Å². The summed E-state index contributed by atoms with van der Waals surface area (Å²) in [5, 5.41) is 115. The number of aliphatic hydroxyl groups is 8. The molecule has 8 aliphatic rings. The van der Waals surface area contributed by atoms with Gasteiger partial charge in [0.15, 0.2) is 0 Å². The zero-order chi connectivity index (χ0) is 99.8. The molecule has 0 aromatic heterocycles. The van der Waals surface area contributed by atoms with Gasteiger partial charge in [-0.3, -0.25) is 47.9 Å². The van der Waals surface area contributed by atoms with Gasteiger partial charge in [-0.1, -0.05) is 54.4 Å². The third-order valence-electron chi connectivity index (χ3n) is 34.8. The van der Waals surface area contributed by atoms with Crippen molar-refractivity contribution in [1.82, 2.24) is 52.3 Å². The Bertz CT molecular complexity index is 3490. The van der Waals surface area contributed by atoms with Crippen LogP contribution in [0.1, 0.15) is 298 Å². The molecular formula is C100H184N18O18. The van der Waals surface area contributed by atoms with E-state index in [9.17, 15) is 79.2 Å². The number of hydrogen-bond acceptors (Lipinski definition) is 26. The van der Waals surface area contributed by atoms with Gasteiger partial charge in [0, 0.05) is 65.2 Å². The van der Waals surface area contributed by atoms with E-state index < -0.39 is 132 Å². The number of rotatable bonds is 61. The molecule has 30 atom stereocenters. The van der Waals surface area contributed by atoms with Crippen LogP contribution < -0.4 is 88.4 Å². The number of carbonyl (C=O) groups excluding carboxylic acids is 10. The monoisotopic (exact) mass is 1930 g/mol. The topological polar surface area (TPSA) is 643 Å². The first-order chi connectivity index (χ1) is 64.8. The number of hydrogen-bond donors (Lipinski definition) is 24. The zero-order valence-corrected chi connectivity index (χ0v) is 83.4. The van der Waals surface area contributed by atoms with Gasteiger partial charge in [-0.15, -0.1) is 0 Å². The summed E-state index contributed by atoms with van der Waals surface area (Å²) in [5.74, 6) is -4.00. The Labute approximate surface area is 809 Å². The number of fused-ring (bicyclic) bond motifs is 10. The summed E-state index contributed by atoms with van der Waals surface area (Å²) >= 11 is 0. The van der Waals surface area contributed by atoms with Gasteiger partial charge in [0.1, 0.15) is 24.2 Å². The van der Waals surface area contributed by atoms with Crippen LogP contribution in [0, 0.1) is 92.7 Å². The number of carbonyl (C=O) groups is 10. The summed E-state index contributed by atoms with van der Waals surface area (Å²) in [6.45, 7) is 14.0. The Balaban J connectivity index is 0.952. The van der Waals surface area contributed by atoms with E-state index in [2.05, 4.69) is 84.1 Å². The fourth-order valence-corrected chi connectivity index (χ4v) is 26.5. The lowest BCUT2D eigenvalue weighted by Crippen LogP contribution is -2.62. The van der Waals surface area contributed by atoms with Crippen molar-refractivity contribution < 1.29 is 88.8 Å². The van der Waals surface area contributed by atoms with E-state index in [4.69, 9.17) is 45.9 Å². The smallest absolute Gasteiger partial charge is 0.247 e. The molecule has 32 N–H and O–H groups in total. The van der Waals surface area contributed by atoms with Crippen molar-refractivity contribution in [1.29, 1.82) is 0 Å². The molecule has 0 unspecified atom stereocenters. The molecule has 10 amide bonds. The van der Waals surface area contributed by atoms with Gasteiger partial charge in [-0.05, 0) is 350 Å². The highest BCUT2D eigenvalue weighted by Crippen LogP contribution is 2.70. The van der Waals surface area contributed by atoms with Gasteiger partial charge < -0.3 is 139 Å². The first-order valence-corrected chi connectivity index (χ1v) is 52.8. The van der Waals surface area contributed by atoms with Crippen molar-refractivity contribution >= 4 is 59.1 Å². The summed E-state index contributed by atoms with van der Waals surface area (Å²) in [4.78, 5) is 143. The molecule has 0 spiro atoms. The molecule has 36 nitrogen and oxygen atoms in total. The molecule has 0 heterocycles. The molecule has 0 aromatic carbocycles. The Kier molecular flexibility index (Phi) is 47.7. The third-order valence-corrected chi connectivity index (χ3v) is 34.8. The lowest BCUT2D eigenvalue weighted by molar-refractivity contribution is -0.207. The lowest BCUT2D eigenvalue weighted by Gasteiger charge is -2.63. The van der Waals surface area contributed by atoms with Gasteiger partial charge in [0.05, 0.1) is 74.0 Å². The van der Waals surface area contributed by atoms with Gasteiger partial charge in [-0.2, -0.15) is 0 Å². The molecule has 136 heavy (non-hydrogen) atoms. The summed E-state index contributed by atoms with van der Waals surface area (Å²) in [6, 6.07) is -9.00. The molecule has 8 rings (SSSR count). The van der Waals surface area contributed by atoms with Gasteiger partial charge in [0.25, 0.3) is 0 Å². The Morgan fingerprint density at radius 3 is 1.01 bits per heavy atom. The van der Waals surface area contributed by atoms with E-state index in [1.807, 2.05) is 0 Å². The second kappa shape index (κ2) is 56.2. The predicted molar refractivity (Wildman–Crippen MR) is 522 cm³/mol.